The van der Waals surface area contributed by atoms with Crippen LogP contribution in [0, 0.1) is 12.8 Å². The molecule has 1 saturated heterocycles. The fraction of sp³-hybridized carbons (Fsp3) is 0.476. The lowest BCUT2D eigenvalue weighted by Gasteiger charge is -2.33. The minimum absolute atomic E-state index is 0.0409. The fourth-order valence-electron chi connectivity index (χ4n) is 4.11. The van der Waals surface area contributed by atoms with Gasteiger partial charge < -0.3 is 9.73 Å². The van der Waals surface area contributed by atoms with Crippen LogP contribution in [0.4, 0.5) is 4.79 Å². The molecule has 11 heteroatoms. The van der Waals surface area contributed by atoms with E-state index in [-0.39, 0.29) is 11.7 Å². The monoisotopic (exact) mass is 458 g/mol. The highest BCUT2D eigenvalue weighted by Crippen LogP contribution is 2.36. The largest absolute Gasteiger partial charge is 0.469 e. The molecular weight excluding hydrogens is 432 g/mol. The number of thioether (sulfide) groups is 1. The number of hydrogen-bond acceptors (Lipinski definition) is 7. The third-order valence-electron chi connectivity index (χ3n) is 5.99. The Morgan fingerprint density at radius 2 is 2.16 bits per heavy atom. The number of allylic oxidation sites excluding steroid dienone is 1. The predicted molar refractivity (Wildman–Crippen MR) is 117 cm³/mol. The first-order chi connectivity index (χ1) is 15.3. The van der Waals surface area contributed by atoms with Crippen molar-refractivity contribution in [3.05, 3.63) is 30.7 Å². The number of nitrogens with one attached hydrogen (secondary N) is 2. The molecule has 1 saturated carbocycles. The van der Waals surface area contributed by atoms with Gasteiger partial charge in [0.1, 0.15) is 11.3 Å². The van der Waals surface area contributed by atoms with Crippen molar-refractivity contribution in [1.82, 2.24) is 30.5 Å². The molecule has 2 aromatic heterocycles. The summed E-state index contributed by atoms with van der Waals surface area (Å²) in [5, 5.41) is 12.5. The van der Waals surface area contributed by atoms with Gasteiger partial charge in [-0.25, -0.2) is 4.79 Å². The Kier molecular flexibility index (Phi) is 6.09. The van der Waals surface area contributed by atoms with Gasteiger partial charge in [0, 0.05) is 6.54 Å². The molecule has 0 aromatic carbocycles. The van der Waals surface area contributed by atoms with E-state index in [4.69, 9.17) is 4.42 Å². The van der Waals surface area contributed by atoms with Crippen LogP contribution in [0.15, 0.2) is 34.6 Å². The molecule has 10 nitrogen and oxygen atoms in total. The SMILES string of the molecule is C=CCn1c(SCC(=O)NN2C(=O)NC3(CCC(C)CC3)C2=O)nnc1-c1ccoc1C. The van der Waals surface area contributed by atoms with E-state index in [0.717, 1.165) is 35.2 Å². The number of nitrogens with zero attached hydrogens (tertiary/aromatic N) is 4. The summed E-state index contributed by atoms with van der Waals surface area (Å²) < 4.78 is 7.18. The summed E-state index contributed by atoms with van der Waals surface area (Å²) in [5.41, 5.74) is 2.36. The Hall–Kier alpha value is -3.08. The normalized spacial score (nSPS) is 22.9. The van der Waals surface area contributed by atoms with E-state index in [1.54, 1.807) is 18.4 Å². The van der Waals surface area contributed by atoms with E-state index < -0.39 is 17.5 Å². The van der Waals surface area contributed by atoms with Crippen molar-refractivity contribution in [2.45, 2.75) is 56.8 Å². The van der Waals surface area contributed by atoms with Gasteiger partial charge in [-0.15, -0.1) is 16.8 Å². The number of imide groups is 1. The second-order valence-electron chi connectivity index (χ2n) is 8.25. The Bertz CT molecular complexity index is 1050. The summed E-state index contributed by atoms with van der Waals surface area (Å²) in [7, 11) is 0. The quantitative estimate of drug-likeness (QED) is 0.371. The number of amides is 4. The second kappa shape index (κ2) is 8.81. The summed E-state index contributed by atoms with van der Waals surface area (Å²) in [4.78, 5) is 37.8. The number of hydrogen-bond donors (Lipinski definition) is 2. The lowest BCUT2D eigenvalue weighted by atomic mass is 9.77. The lowest BCUT2D eigenvalue weighted by molar-refractivity contribution is -0.139. The van der Waals surface area contributed by atoms with E-state index >= 15 is 0 Å². The maximum absolute atomic E-state index is 12.9. The van der Waals surface area contributed by atoms with Crippen LogP contribution in [0.5, 0.6) is 0 Å². The average molecular weight is 459 g/mol. The van der Waals surface area contributed by atoms with Gasteiger partial charge in [0.25, 0.3) is 5.91 Å². The first-order valence-electron chi connectivity index (χ1n) is 10.5. The fourth-order valence-corrected chi connectivity index (χ4v) is 4.85. The van der Waals surface area contributed by atoms with Crippen LogP contribution in [0.3, 0.4) is 0 Å². The number of furan rings is 1. The Morgan fingerprint density at radius 1 is 1.41 bits per heavy atom. The first kappa shape index (κ1) is 22.1. The number of hydrazine groups is 1. The molecule has 2 aromatic rings. The summed E-state index contributed by atoms with van der Waals surface area (Å²) in [6.45, 7) is 8.19. The highest BCUT2D eigenvalue weighted by Gasteiger charge is 2.52. The first-order valence-corrected chi connectivity index (χ1v) is 11.5. The van der Waals surface area contributed by atoms with Crippen molar-refractivity contribution >= 4 is 29.6 Å². The lowest BCUT2D eigenvalue weighted by Crippen LogP contribution is -2.51. The van der Waals surface area contributed by atoms with Crippen LogP contribution in [-0.4, -0.2) is 48.9 Å². The molecule has 170 valence electrons. The number of urea groups is 1. The van der Waals surface area contributed by atoms with Crippen molar-refractivity contribution in [2.75, 3.05) is 5.75 Å². The Labute approximate surface area is 189 Å². The highest BCUT2D eigenvalue weighted by atomic mass is 32.2. The van der Waals surface area contributed by atoms with Crippen molar-refractivity contribution < 1.29 is 18.8 Å². The van der Waals surface area contributed by atoms with E-state index in [9.17, 15) is 14.4 Å². The maximum atomic E-state index is 12.9. The van der Waals surface area contributed by atoms with Crippen LogP contribution in [0.2, 0.25) is 0 Å². The molecule has 4 rings (SSSR count). The standard InChI is InChI=1S/C21H26N6O4S/c1-4-10-26-17(15-7-11-31-14(15)3)23-24-20(26)32-12-16(28)25-27-18(29)21(22-19(27)30)8-5-13(2)6-9-21/h4,7,11,13H,1,5-6,8-10,12H2,2-3H3,(H,22,30)(H,25,28). The van der Waals surface area contributed by atoms with Crippen LogP contribution in [-0.2, 0) is 16.1 Å². The molecule has 1 spiro atoms. The molecule has 3 heterocycles. The van der Waals surface area contributed by atoms with Gasteiger partial charge >= 0.3 is 6.03 Å². The summed E-state index contributed by atoms with van der Waals surface area (Å²) in [6.07, 6.45) is 6.18. The molecule has 1 aliphatic carbocycles. The molecule has 32 heavy (non-hydrogen) atoms. The highest BCUT2D eigenvalue weighted by molar-refractivity contribution is 7.99. The zero-order valence-electron chi connectivity index (χ0n) is 18.1. The number of carbonyl (C=O) groups is 3. The van der Waals surface area contributed by atoms with Crippen LogP contribution >= 0.6 is 11.8 Å². The predicted octanol–water partition coefficient (Wildman–Crippen LogP) is 2.66. The molecule has 0 radical (unpaired) electrons. The van der Waals surface area contributed by atoms with Gasteiger partial charge in [0.15, 0.2) is 11.0 Å². The minimum Gasteiger partial charge on any atom is -0.469 e. The smallest absolute Gasteiger partial charge is 0.344 e. The average Bonchev–Trinajstić information content (AvgIpc) is 3.42. The minimum atomic E-state index is -0.897. The number of aryl methyl sites for hydroxylation is 1. The van der Waals surface area contributed by atoms with Gasteiger partial charge in [-0.05, 0) is 44.6 Å². The molecule has 4 amide bonds. The number of carbonyl (C=O) groups excluding carboxylic acids is 3. The van der Waals surface area contributed by atoms with Crippen molar-refractivity contribution in [1.29, 1.82) is 0 Å². The van der Waals surface area contributed by atoms with Gasteiger partial charge in [-0.2, -0.15) is 5.01 Å². The number of aromatic nitrogens is 3. The maximum Gasteiger partial charge on any atom is 0.344 e. The number of rotatable bonds is 7. The summed E-state index contributed by atoms with van der Waals surface area (Å²) in [6, 6.07) is 1.22. The van der Waals surface area contributed by atoms with Gasteiger partial charge in [-0.3, -0.25) is 19.6 Å². The second-order valence-corrected chi connectivity index (χ2v) is 9.20. The third kappa shape index (κ3) is 4.04. The van der Waals surface area contributed by atoms with Gasteiger partial charge in [0.05, 0.1) is 17.6 Å². The zero-order chi connectivity index (χ0) is 22.9. The molecule has 2 fully saturated rings. The van der Waals surface area contributed by atoms with E-state index in [0.29, 0.717) is 42.0 Å². The third-order valence-corrected chi connectivity index (χ3v) is 6.95. The molecule has 2 aliphatic rings. The van der Waals surface area contributed by atoms with E-state index in [1.807, 2.05) is 11.5 Å². The van der Waals surface area contributed by atoms with Gasteiger partial charge in [0.2, 0.25) is 5.91 Å². The van der Waals surface area contributed by atoms with Crippen LogP contribution < -0.4 is 10.7 Å². The molecular formula is C21H26N6O4S. The summed E-state index contributed by atoms with van der Waals surface area (Å²) >= 11 is 1.16. The van der Waals surface area contributed by atoms with Gasteiger partial charge in [-0.1, -0.05) is 24.8 Å². The molecule has 0 atom stereocenters. The van der Waals surface area contributed by atoms with Crippen molar-refractivity contribution in [3.63, 3.8) is 0 Å². The van der Waals surface area contributed by atoms with E-state index in [1.165, 1.54) is 0 Å². The van der Waals surface area contributed by atoms with E-state index in [2.05, 4.69) is 34.4 Å². The van der Waals surface area contributed by atoms with Crippen molar-refractivity contribution in [2.24, 2.45) is 5.92 Å². The van der Waals surface area contributed by atoms with Crippen LogP contribution in [0.25, 0.3) is 11.4 Å². The van der Waals surface area contributed by atoms with Crippen LogP contribution in [0.1, 0.15) is 38.4 Å². The topological polar surface area (TPSA) is 122 Å². The Morgan fingerprint density at radius 3 is 2.81 bits per heavy atom. The summed E-state index contributed by atoms with van der Waals surface area (Å²) in [5.74, 6) is 0.937. The molecule has 0 unspecified atom stereocenters. The van der Waals surface area contributed by atoms with Crippen molar-refractivity contribution in [3.8, 4) is 11.4 Å². The zero-order valence-corrected chi connectivity index (χ0v) is 18.9. The Balaban J connectivity index is 1.41. The molecule has 2 N–H and O–H groups in total. The molecule has 1 aliphatic heterocycles. The molecule has 0 bridgehead atoms.